The number of carbonyl (C=O) groups is 2. The zero-order valence-electron chi connectivity index (χ0n) is 18.0. The summed E-state index contributed by atoms with van der Waals surface area (Å²) >= 11 is 7.43. The van der Waals surface area contributed by atoms with Crippen LogP contribution in [0.15, 0.2) is 30.3 Å². The molecule has 1 unspecified atom stereocenters. The summed E-state index contributed by atoms with van der Waals surface area (Å²) in [6.45, 7) is 3.91. The van der Waals surface area contributed by atoms with Gasteiger partial charge in [0.1, 0.15) is 0 Å². The molecule has 1 atom stereocenters. The summed E-state index contributed by atoms with van der Waals surface area (Å²) in [6.07, 6.45) is 8.96. The zero-order chi connectivity index (χ0) is 21.8. The highest BCUT2D eigenvalue weighted by atomic mass is 35.5. The molecule has 1 saturated carbocycles. The predicted molar refractivity (Wildman–Crippen MR) is 127 cm³/mol. The van der Waals surface area contributed by atoms with Gasteiger partial charge in [0, 0.05) is 25.2 Å². The standard InChI is InChI=1S/C24H30ClN3O2S/c1-16-14-21(27-23(29)19-10-6-7-11-20(19)25)31-22(16)24(30)26-17-12-13-28(15-17)18-8-4-2-3-5-9-18/h6-7,10-11,14,17-18H,2-5,8-9,12-13,15H2,1H3,(H,26,30)(H,27,29). The van der Waals surface area contributed by atoms with E-state index in [9.17, 15) is 9.59 Å². The van der Waals surface area contributed by atoms with Crippen molar-refractivity contribution in [3.8, 4) is 0 Å². The molecule has 2 fully saturated rings. The average molecular weight is 460 g/mol. The second kappa shape index (κ2) is 10.2. The molecule has 31 heavy (non-hydrogen) atoms. The van der Waals surface area contributed by atoms with Crippen LogP contribution in [0.5, 0.6) is 0 Å². The highest BCUT2D eigenvalue weighted by Crippen LogP contribution is 2.29. The quantitative estimate of drug-likeness (QED) is 0.581. The number of likely N-dealkylation sites (tertiary alicyclic amines) is 1. The molecule has 166 valence electrons. The lowest BCUT2D eigenvalue weighted by molar-refractivity contribution is 0.0938. The molecule has 2 aliphatic rings. The topological polar surface area (TPSA) is 61.4 Å². The van der Waals surface area contributed by atoms with Crippen LogP contribution in [0.3, 0.4) is 0 Å². The van der Waals surface area contributed by atoms with Crippen LogP contribution in [0.25, 0.3) is 0 Å². The number of thiophene rings is 1. The molecule has 5 nitrogen and oxygen atoms in total. The van der Waals surface area contributed by atoms with Crippen LogP contribution in [-0.2, 0) is 0 Å². The lowest BCUT2D eigenvalue weighted by Crippen LogP contribution is -2.39. The lowest BCUT2D eigenvalue weighted by atomic mass is 10.1. The normalized spacial score (nSPS) is 20.4. The van der Waals surface area contributed by atoms with E-state index in [0.29, 0.717) is 26.5 Å². The zero-order valence-corrected chi connectivity index (χ0v) is 19.5. The SMILES string of the molecule is Cc1cc(NC(=O)c2ccccc2Cl)sc1C(=O)NC1CCN(C2CCCCCC2)C1. The second-order valence-electron chi connectivity index (χ2n) is 8.66. The first kappa shape index (κ1) is 22.3. The van der Waals surface area contributed by atoms with Gasteiger partial charge >= 0.3 is 0 Å². The molecule has 1 aromatic heterocycles. The first-order valence-corrected chi connectivity index (χ1v) is 12.4. The third-order valence-corrected chi connectivity index (χ3v) is 7.86. The monoisotopic (exact) mass is 459 g/mol. The van der Waals surface area contributed by atoms with Crippen molar-refractivity contribution in [2.24, 2.45) is 0 Å². The van der Waals surface area contributed by atoms with Crippen LogP contribution >= 0.6 is 22.9 Å². The predicted octanol–water partition coefficient (Wildman–Crippen LogP) is 5.49. The summed E-state index contributed by atoms with van der Waals surface area (Å²) in [5.74, 6) is -0.317. The van der Waals surface area contributed by atoms with Gasteiger partial charge in [-0.25, -0.2) is 0 Å². The minimum Gasteiger partial charge on any atom is -0.347 e. The fourth-order valence-corrected chi connectivity index (χ4v) is 5.90. The van der Waals surface area contributed by atoms with E-state index in [1.807, 2.05) is 13.0 Å². The minimum absolute atomic E-state index is 0.0477. The van der Waals surface area contributed by atoms with Crippen molar-refractivity contribution in [2.45, 2.75) is 64.0 Å². The molecule has 2 N–H and O–H groups in total. The average Bonchev–Trinajstić information content (AvgIpc) is 3.25. The van der Waals surface area contributed by atoms with Crippen molar-refractivity contribution >= 4 is 39.8 Å². The Balaban J connectivity index is 1.34. The summed E-state index contributed by atoms with van der Waals surface area (Å²) in [5, 5.41) is 7.16. The van der Waals surface area contributed by atoms with E-state index in [0.717, 1.165) is 25.1 Å². The Morgan fingerprint density at radius 2 is 1.81 bits per heavy atom. The number of rotatable bonds is 5. The number of aryl methyl sites for hydroxylation is 1. The Kier molecular flexibility index (Phi) is 7.31. The fourth-order valence-electron chi connectivity index (χ4n) is 4.70. The Hall–Kier alpha value is -1.89. The highest BCUT2D eigenvalue weighted by molar-refractivity contribution is 7.18. The smallest absolute Gasteiger partial charge is 0.261 e. The van der Waals surface area contributed by atoms with Crippen molar-refractivity contribution in [1.82, 2.24) is 10.2 Å². The minimum atomic E-state index is -0.270. The highest BCUT2D eigenvalue weighted by Gasteiger charge is 2.30. The number of anilines is 1. The third kappa shape index (κ3) is 5.48. The van der Waals surface area contributed by atoms with Crippen molar-refractivity contribution in [2.75, 3.05) is 18.4 Å². The third-order valence-electron chi connectivity index (χ3n) is 6.38. The van der Waals surface area contributed by atoms with Gasteiger partial charge in [-0.05, 0) is 49.9 Å². The van der Waals surface area contributed by atoms with Gasteiger partial charge in [0.05, 0.1) is 20.5 Å². The number of nitrogens with one attached hydrogen (secondary N) is 2. The molecule has 2 heterocycles. The van der Waals surface area contributed by atoms with Crippen molar-refractivity contribution in [1.29, 1.82) is 0 Å². The number of benzene rings is 1. The summed E-state index contributed by atoms with van der Waals surface area (Å²) in [4.78, 5) is 28.7. The molecule has 0 spiro atoms. The van der Waals surface area contributed by atoms with E-state index in [-0.39, 0.29) is 17.9 Å². The maximum absolute atomic E-state index is 12.9. The molecule has 7 heteroatoms. The van der Waals surface area contributed by atoms with Gasteiger partial charge in [0.15, 0.2) is 0 Å². The van der Waals surface area contributed by atoms with E-state index < -0.39 is 0 Å². The molecule has 0 bridgehead atoms. The Labute approximate surface area is 193 Å². The van der Waals surface area contributed by atoms with Crippen LogP contribution in [0.4, 0.5) is 5.00 Å². The van der Waals surface area contributed by atoms with Crippen LogP contribution in [0.1, 0.15) is 70.5 Å². The van der Waals surface area contributed by atoms with E-state index in [4.69, 9.17) is 11.6 Å². The van der Waals surface area contributed by atoms with Gasteiger partial charge in [-0.2, -0.15) is 0 Å². The Bertz CT molecular complexity index is 937. The van der Waals surface area contributed by atoms with Crippen LogP contribution in [-0.4, -0.2) is 41.9 Å². The molecule has 1 aliphatic carbocycles. The number of amides is 2. The molecular weight excluding hydrogens is 430 g/mol. The summed E-state index contributed by atoms with van der Waals surface area (Å²) in [7, 11) is 0. The summed E-state index contributed by atoms with van der Waals surface area (Å²) in [5.41, 5.74) is 1.29. The van der Waals surface area contributed by atoms with Crippen molar-refractivity contribution in [3.63, 3.8) is 0 Å². The number of halogens is 1. The maximum Gasteiger partial charge on any atom is 0.261 e. The van der Waals surface area contributed by atoms with Crippen LogP contribution in [0.2, 0.25) is 5.02 Å². The summed E-state index contributed by atoms with van der Waals surface area (Å²) in [6, 6.07) is 9.66. The van der Waals surface area contributed by atoms with E-state index >= 15 is 0 Å². The van der Waals surface area contributed by atoms with Crippen molar-refractivity contribution in [3.05, 3.63) is 51.4 Å². The number of hydrogen-bond donors (Lipinski definition) is 2. The molecular formula is C24H30ClN3O2S. The van der Waals surface area contributed by atoms with E-state index in [1.165, 1.54) is 49.9 Å². The molecule has 2 amide bonds. The fraction of sp³-hybridized carbons (Fsp3) is 0.500. The number of nitrogens with zero attached hydrogens (tertiary/aromatic N) is 1. The number of hydrogen-bond acceptors (Lipinski definition) is 4. The molecule has 1 saturated heterocycles. The molecule has 2 aromatic rings. The van der Waals surface area contributed by atoms with Gasteiger partial charge in [-0.15, -0.1) is 11.3 Å². The molecule has 4 rings (SSSR count). The van der Waals surface area contributed by atoms with Crippen LogP contribution in [0, 0.1) is 6.92 Å². The molecule has 1 aliphatic heterocycles. The van der Waals surface area contributed by atoms with E-state index in [2.05, 4.69) is 15.5 Å². The van der Waals surface area contributed by atoms with Gasteiger partial charge in [-0.1, -0.05) is 49.4 Å². The second-order valence-corrected chi connectivity index (χ2v) is 10.1. The summed E-state index contributed by atoms with van der Waals surface area (Å²) < 4.78 is 0. The molecule has 1 aromatic carbocycles. The largest absolute Gasteiger partial charge is 0.347 e. The van der Waals surface area contributed by atoms with E-state index in [1.54, 1.807) is 24.3 Å². The van der Waals surface area contributed by atoms with Crippen LogP contribution < -0.4 is 10.6 Å². The Morgan fingerprint density at radius 1 is 1.06 bits per heavy atom. The lowest BCUT2D eigenvalue weighted by Gasteiger charge is -2.26. The number of carbonyl (C=O) groups excluding carboxylic acids is 2. The van der Waals surface area contributed by atoms with Gasteiger partial charge in [0.2, 0.25) is 0 Å². The maximum atomic E-state index is 12.9. The van der Waals surface area contributed by atoms with Gasteiger partial charge in [-0.3, -0.25) is 14.5 Å². The molecule has 0 radical (unpaired) electrons. The first-order chi connectivity index (χ1) is 15.0. The van der Waals surface area contributed by atoms with Gasteiger partial charge < -0.3 is 10.6 Å². The first-order valence-electron chi connectivity index (χ1n) is 11.2. The Morgan fingerprint density at radius 3 is 2.55 bits per heavy atom. The van der Waals surface area contributed by atoms with Gasteiger partial charge in [0.25, 0.3) is 11.8 Å². The van der Waals surface area contributed by atoms with Crippen molar-refractivity contribution < 1.29 is 9.59 Å².